The van der Waals surface area contributed by atoms with Crippen molar-refractivity contribution in [3.05, 3.63) is 51.7 Å². The van der Waals surface area contributed by atoms with Crippen LogP contribution >= 0.6 is 35.3 Å². The number of nitrogens with zero attached hydrogens (tertiary/aromatic N) is 2. The molecule has 0 aliphatic heterocycles. The fraction of sp³-hybridized carbons (Fsp3) is 0.368. The molecule has 1 atom stereocenters. The Morgan fingerprint density at radius 3 is 2.73 bits per heavy atom. The summed E-state index contributed by atoms with van der Waals surface area (Å²) in [5, 5.41) is 8.98. The van der Waals surface area contributed by atoms with Gasteiger partial charge in [-0.3, -0.25) is 4.99 Å². The highest BCUT2D eigenvalue weighted by molar-refractivity contribution is 14.0. The van der Waals surface area contributed by atoms with E-state index in [1.54, 1.807) is 18.4 Å². The van der Waals surface area contributed by atoms with Crippen LogP contribution in [0.2, 0.25) is 0 Å². The maximum Gasteiger partial charge on any atom is 0.191 e. The van der Waals surface area contributed by atoms with E-state index < -0.39 is 0 Å². The molecule has 3 aromatic rings. The largest absolute Gasteiger partial charge is 0.459 e. The number of benzene rings is 1. The van der Waals surface area contributed by atoms with Gasteiger partial charge in [0.1, 0.15) is 11.3 Å². The zero-order valence-corrected chi connectivity index (χ0v) is 18.6. The van der Waals surface area contributed by atoms with Crippen LogP contribution in [0.4, 0.5) is 0 Å². The molecule has 5 nitrogen and oxygen atoms in total. The molecule has 1 aromatic carbocycles. The number of nitrogens with one attached hydrogen (secondary N) is 2. The summed E-state index contributed by atoms with van der Waals surface area (Å²) in [4.78, 5) is 10.1. The number of hydrogen-bond acceptors (Lipinski definition) is 4. The number of guanidine groups is 1. The smallest absolute Gasteiger partial charge is 0.191 e. The molecule has 26 heavy (non-hydrogen) atoms. The van der Waals surface area contributed by atoms with E-state index in [1.165, 1.54) is 4.88 Å². The monoisotopic (exact) mass is 484 g/mol. The summed E-state index contributed by atoms with van der Waals surface area (Å²) in [6, 6.07) is 10.1. The van der Waals surface area contributed by atoms with Gasteiger partial charge in [-0.15, -0.1) is 35.3 Å². The summed E-state index contributed by atoms with van der Waals surface area (Å²) in [6.07, 6.45) is 0.942. The molecule has 0 saturated heterocycles. The highest BCUT2D eigenvalue weighted by atomic mass is 127. The molecule has 0 saturated carbocycles. The molecule has 0 fully saturated rings. The lowest BCUT2D eigenvalue weighted by Crippen LogP contribution is -2.39. The molecule has 0 amide bonds. The Morgan fingerprint density at radius 1 is 1.31 bits per heavy atom. The number of hydrogen-bond donors (Lipinski definition) is 2. The van der Waals surface area contributed by atoms with Crippen LogP contribution < -0.4 is 10.6 Å². The van der Waals surface area contributed by atoms with Crippen molar-refractivity contribution in [2.75, 3.05) is 13.6 Å². The zero-order valence-electron chi connectivity index (χ0n) is 15.5. The topological polar surface area (TPSA) is 62.5 Å². The normalized spacial score (nSPS) is 12.7. The number of aromatic nitrogens is 1. The number of halogens is 1. The molecule has 2 aromatic heterocycles. The number of aliphatic imine (C=N–C) groups is 1. The predicted molar refractivity (Wildman–Crippen MR) is 120 cm³/mol. The van der Waals surface area contributed by atoms with Gasteiger partial charge in [0.2, 0.25) is 0 Å². The Balaban J connectivity index is 0.00000243. The molecule has 2 heterocycles. The van der Waals surface area contributed by atoms with E-state index in [-0.39, 0.29) is 30.0 Å². The molecule has 0 bridgehead atoms. The van der Waals surface area contributed by atoms with E-state index in [1.807, 2.05) is 25.1 Å². The number of para-hydroxylation sites is 1. The molecular weight excluding hydrogens is 459 g/mol. The van der Waals surface area contributed by atoms with Crippen molar-refractivity contribution in [2.24, 2.45) is 4.99 Å². The fourth-order valence-electron chi connectivity index (χ4n) is 2.79. The third-order valence-electron chi connectivity index (χ3n) is 4.09. The van der Waals surface area contributed by atoms with Crippen LogP contribution in [0.3, 0.4) is 0 Å². The van der Waals surface area contributed by atoms with Crippen molar-refractivity contribution >= 4 is 52.2 Å². The van der Waals surface area contributed by atoms with E-state index in [2.05, 4.69) is 46.6 Å². The third-order valence-corrected chi connectivity index (χ3v) is 5.22. The number of aryl methyl sites for hydroxylation is 2. The van der Waals surface area contributed by atoms with E-state index in [0.717, 1.165) is 46.4 Å². The highest BCUT2D eigenvalue weighted by Crippen LogP contribution is 2.23. The van der Waals surface area contributed by atoms with Crippen LogP contribution in [-0.2, 0) is 6.42 Å². The number of fused-ring (bicyclic) bond motifs is 1. The van der Waals surface area contributed by atoms with Gasteiger partial charge in [-0.25, -0.2) is 4.98 Å². The van der Waals surface area contributed by atoms with Crippen LogP contribution in [-0.4, -0.2) is 24.5 Å². The Morgan fingerprint density at radius 2 is 2.08 bits per heavy atom. The van der Waals surface area contributed by atoms with Gasteiger partial charge in [-0.05, 0) is 32.9 Å². The molecule has 0 aliphatic rings. The van der Waals surface area contributed by atoms with Gasteiger partial charge < -0.3 is 15.1 Å². The van der Waals surface area contributed by atoms with E-state index in [4.69, 9.17) is 4.42 Å². The first-order chi connectivity index (χ1) is 12.1. The summed E-state index contributed by atoms with van der Waals surface area (Å²) < 4.78 is 5.92. The Kier molecular flexibility index (Phi) is 7.45. The number of rotatable bonds is 5. The second kappa shape index (κ2) is 9.36. The minimum atomic E-state index is 0. The Labute approximate surface area is 175 Å². The maximum atomic E-state index is 5.92. The summed E-state index contributed by atoms with van der Waals surface area (Å²) in [5.74, 6) is 1.67. The van der Waals surface area contributed by atoms with Crippen molar-refractivity contribution in [1.82, 2.24) is 15.6 Å². The molecule has 0 aliphatic carbocycles. The molecule has 7 heteroatoms. The first-order valence-corrected chi connectivity index (χ1v) is 9.27. The lowest BCUT2D eigenvalue weighted by molar-refractivity contribution is 0.488. The maximum absolute atomic E-state index is 5.92. The molecule has 140 valence electrons. The molecule has 2 N–H and O–H groups in total. The van der Waals surface area contributed by atoms with E-state index in [9.17, 15) is 0 Å². The fourth-order valence-corrected chi connectivity index (χ4v) is 3.72. The van der Waals surface area contributed by atoms with Crippen molar-refractivity contribution in [1.29, 1.82) is 0 Å². The average Bonchev–Trinajstić information content (AvgIpc) is 3.16. The van der Waals surface area contributed by atoms with Crippen molar-refractivity contribution in [3.8, 4) is 0 Å². The molecule has 3 rings (SSSR count). The van der Waals surface area contributed by atoms with Gasteiger partial charge >= 0.3 is 0 Å². The second-order valence-corrected chi connectivity index (χ2v) is 7.33. The zero-order chi connectivity index (χ0) is 17.8. The van der Waals surface area contributed by atoms with Crippen LogP contribution in [0.15, 0.2) is 39.7 Å². The molecule has 0 radical (unpaired) electrons. The Bertz CT molecular complexity index is 854. The van der Waals surface area contributed by atoms with E-state index >= 15 is 0 Å². The lowest BCUT2D eigenvalue weighted by Gasteiger charge is -2.16. The minimum Gasteiger partial charge on any atom is -0.459 e. The number of furan rings is 1. The number of thiazole rings is 1. The van der Waals surface area contributed by atoms with Gasteiger partial charge in [-0.2, -0.15) is 0 Å². The van der Waals surface area contributed by atoms with Gasteiger partial charge in [-0.1, -0.05) is 18.2 Å². The average molecular weight is 484 g/mol. The minimum absolute atomic E-state index is 0. The quantitative estimate of drug-likeness (QED) is 0.316. The van der Waals surface area contributed by atoms with Crippen molar-refractivity contribution in [2.45, 2.75) is 33.2 Å². The molecule has 0 spiro atoms. The van der Waals surface area contributed by atoms with Crippen LogP contribution in [0.5, 0.6) is 0 Å². The molecular formula is C19H25IN4OS. The van der Waals surface area contributed by atoms with Crippen LogP contribution in [0, 0.1) is 13.8 Å². The molecule has 1 unspecified atom stereocenters. The summed E-state index contributed by atoms with van der Waals surface area (Å²) >= 11 is 1.76. The first-order valence-electron chi connectivity index (χ1n) is 8.45. The summed E-state index contributed by atoms with van der Waals surface area (Å²) in [5.41, 5.74) is 2.04. The summed E-state index contributed by atoms with van der Waals surface area (Å²) in [7, 11) is 1.78. The second-order valence-electron chi connectivity index (χ2n) is 6.04. The van der Waals surface area contributed by atoms with Crippen LogP contribution in [0.1, 0.15) is 34.3 Å². The highest BCUT2D eigenvalue weighted by Gasteiger charge is 2.13. The van der Waals surface area contributed by atoms with Gasteiger partial charge in [0.05, 0.1) is 16.7 Å². The predicted octanol–water partition coefficient (Wildman–Crippen LogP) is 4.59. The Hall–Kier alpha value is -1.61. The standard InChI is InChI=1S/C19H24N4OS.HI/c1-12(17-11-15-7-5-6-8-16(15)24-17)23-19(20-4)21-10-9-18-13(2)22-14(3)25-18;/h5-8,11-12H,9-10H2,1-4H3,(H2,20,21,23);1H. The lowest BCUT2D eigenvalue weighted by atomic mass is 10.2. The van der Waals surface area contributed by atoms with Gasteiger partial charge in [0.25, 0.3) is 0 Å². The summed E-state index contributed by atoms with van der Waals surface area (Å²) in [6.45, 7) is 7.00. The van der Waals surface area contributed by atoms with Crippen LogP contribution in [0.25, 0.3) is 11.0 Å². The van der Waals surface area contributed by atoms with Crippen molar-refractivity contribution in [3.63, 3.8) is 0 Å². The van der Waals surface area contributed by atoms with Gasteiger partial charge in [0.15, 0.2) is 5.96 Å². The third kappa shape index (κ3) is 4.97. The SMILES string of the molecule is CN=C(NCCc1sc(C)nc1C)NC(C)c1cc2ccccc2o1.I. The van der Waals surface area contributed by atoms with E-state index in [0.29, 0.717) is 0 Å². The van der Waals surface area contributed by atoms with Gasteiger partial charge in [0, 0.05) is 30.3 Å². The van der Waals surface area contributed by atoms with Crippen molar-refractivity contribution < 1.29 is 4.42 Å². The first kappa shape index (κ1) is 20.7.